The third-order valence-electron chi connectivity index (χ3n) is 1.95. The molecule has 0 spiro atoms. The molecule has 4 N–H and O–H groups in total. The molecule has 0 aliphatic heterocycles. The number of rotatable bonds is 6. The van der Waals surface area contributed by atoms with Crippen molar-refractivity contribution in [3.63, 3.8) is 0 Å². The molecule has 5 heteroatoms. The van der Waals surface area contributed by atoms with Gasteiger partial charge in [0, 0.05) is 18.2 Å². The molecule has 0 aliphatic rings. The monoisotopic (exact) mass is 223 g/mol. The Morgan fingerprint density at radius 1 is 1.56 bits per heavy atom. The Labute approximate surface area is 94.8 Å². The fourth-order valence-electron chi connectivity index (χ4n) is 1.22. The van der Waals surface area contributed by atoms with Crippen molar-refractivity contribution in [2.24, 2.45) is 11.5 Å². The number of aromatic nitrogens is 1. The second-order valence-corrected chi connectivity index (χ2v) is 3.73. The lowest BCUT2D eigenvalue weighted by molar-refractivity contribution is -0.118. The second kappa shape index (κ2) is 6.07. The van der Waals surface area contributed by atoms with Gasteiger partial charge in [-0.15, -0.1) is 0 Å². The van der Waals surface area contributed by atoms with Gasteiger partial charge in [0.2, 0.25) is 5.91 Å². The summed E-state index contributed by atoms with van der Waals surface area (Å²) in [4.78, 5) is 14.7. The van der Waals surface area contributed by atoms with Crippen LogP contribution in [0.25, 0.3) is 0 Å². The van der Waals surface area contributed by atoms with Gasteiger partial charge in [0.1, 0.15) is 5.75 Å². The summed E-state index contributed by atoms with van der Waals surface area (Å²) in [5.74, 6) is 0.260. The Morgan fingerprint density at radius 3 is 2.81 bits per heavy atom. The molecule has 0 fully saturated rings. The summed E-state index contributed by atoms with van der Waals surface area (Å²) in [5, 5.41) is 0. The Hall–Kier alpha value is -1.62. The molecular formula is C11H17N3O2. The molecule has 16 heavy (non-hydrogen) atoms. The minimum Gasteiger partial charge on any atom is -0.491 e. The van der Waals surface area contributed by atoms with Crippen LogP contribution in [0.3, 0.4) is 0 Å². The SMILES string of the molecule is CC(N)Cc1ccc(OCCC(N)=O)cn1. The molecule has 88 valence electrons. The molecule has 1 atom stereocenters. The summed E-state index contributed by atoms with van der Waals surface area (Å²) in [6.45, 7) is 2.21. The van der Waals surface area contributed by atoms with Crippen LogP contribution in [-0.4, -0.2) is 23.5 Å². The largest absolute Gasteiger partial charge is 0.491 e. The number of nitrogens with zero attached hydrogens (tertiary/aromatic N) is 1. The van der Waals surface area contributed by atoms with E-state index in [1.807, 2.05) is 19.1 Å². The normalized spacial score (nSPS) is 12.1. The summed E-state index contributed by atoms with van der Waals surface area (Å²) in [6, 6.07) is 3.77. The highest BCUT2D eigenvalue weighted by Crippen LogP contribution is 2.10. The zero-order valence-corrected chi connectivity index (χ0v) is 9.35. The van der Waals surface area contributed by atoms with Gasteiger partial charge in [0.25, 0.3) is 0 Å². The smallest absolute Gasteiger partial charge is 0.220 e. The van der Waals surface area contributed by atoms with Gasteiger partial charge in [-0.25, -0.2) is 0 Å². The molecular weight excluding hydrogens is 206 g/mol. The van der Waals surface area contributed by atoms with E-state index < -0.39 is 0 Å². The van der Waals surface area contributed by atoms with Crippen molar-refractivity contribution in [1.29, 1.82) is 0 Å². The topological polar surface area (TPSA) is 91.2 Å². The maximum absolute atomic E-state index is 10.5. The first-order valence-corrected chi connectivity index (χ1v) is 5.19. The average Bonchev–Trinajstić information content (AvgIpc) is 2.19. The van der Waals surface area contributed by atoms with E-state index in [1.165, 1.54) is 0 Å². The lowest BCUT2D eigenvalue weighted by atomic mass is 10.2. The summed E-state index contributed by atoms with van der Waals surface area (Å²) in [6.07, 6.45) is 2.57. The maximum Gasteiger partial charge on any atom is 0.220 e. The molecule has 0 saturated heterocycles. The minimum atomic E-state index is -0.374. The lowest BCUT2D eigenvalue weighted by Crippen LogP contribution is -2.18. The van der Waals surface area contributed by atoms with Crippen molar-refractivity contribution in [3.8, 4) is 5.75 Å². The predicted octanol–water partition coefficient (Wildman–Crippen LogP) is 0.226. The van der Waals surface area contributed by atoms with Crippen LogP contribution in [-0.2, 0) is 11.2 Å². The molecule has 1 unspecified atom stereocenters. The first-order valence-electron chi connectivity index (χ1n) is 5.19. The van der Waals surface area contributed by atoms with E-state index in [2.05, 4.69) is 4.98 Å². The molecule has 1 amide bonds. The van der Waals surface area contributed by atoms with E-state index in [0.29, 0.717) is 5.75 Å². The highest BCUT2D eigenvalue weighted by atomic mass is 16.5. The predicted molar refractivity (Wildman–Crippen MR) is 60.9 cm³/mol. The van der Waals surface area contributed by atoms with Crippen LogP contribution in [0.1, 0.15) is 19.0 Å². The molecule has 5 nitrogen and oxygen atoms in total. The van der Waals surface area contributed by atoms with Crippen molar-refractivity contribution in [1.82, 2.24) is 4.98 Å². The number of hydrogen-bond donors (Lipinski definition) is 2. The van der Waals surface area contributed by atoms with Crippen LogP contribution in [0.15, 0.2) is 18.3 Å². The second-order valence-electron chi connectivity index (χ2n) is 3.73. The Kier molecular flexibility index (Phi) is 4.72. The van der Waals surface area contributed by atoms with Crippen LogP contribution < -0.4 is 16.2 Å². The summed E-state index contributed by atoms with van der Waals surface area (Å²) in [7, 11) is 0. The van der Waals surface area contributed by atoms with Gasteiger partial charge in [-0.1, -0.05) is 0 Å². The van der Waals surface area contributed by atoms with Gasteiger partial charge < -0.3 is 16.2 Å². The Bertz CT molecular complexity index is 336. The highest BCUT2D eigenvalue weighted by Gasteiger charge is 2.01. The summed E-state index contributed by atoms with van der Waals surface area (Å²) in [5.41, 5.74) is 11.6. The first kappa shape index (κ1) is 12.4. The van der Waals surface area contributed by atoms with Crippen molar-refractivity contribution >= 4 is 5.91 Å². The molecule has 0 bridgehead atoms. The number of ether oxygens (including phenoxy) is 1. The van der Waals surface area contributed by atoms with E-state index >= 15 is 0 Å². The van der Waals surface area contributed by atoms with Gasteiger partial charge >= 0.3 is 0 Å². The molecule has 0 aliphatic carbocycles. The van der Waals surface area contributed by atoms with Crippen molar-refractivity contribution < 1.29 is 9.53 Å². The van der Waals surface area contributed by atoms with Crippen molar-refractivity contribution in [2.75, 3.05) is 6.61 Å². The van der Waals surface area contributed by atoms with Crippen molar-refractivity contribution in [3.05, 3.63) is 24.0 Å². The fraction of sp³-hybridized carbons (Fsp3) is 0.455. The number of carbonyl (C=O) groups is 1. The van der Waals surface area contributed by atoms with Gasteiger partial charge in [-0.05, 0) is 19.1 Å². The maximum atomic E-state index is 10.5. The van der Waals surface area contributed by atoms with Crippen LogP contribution >= 0.6 is 0 Å². The van der Waals surface area contributed by atoms with Crippen LogP contribution in [0, 0.1) is 0 Å². The lowest BCUT2D eigenvalue weighted by Gasteiger charge is -2.06. The van der Waals surface area contributed by atoms with Gasteiger partial charge in [-0.2, -0.15) is 0 Å². The third-order valence-corrected chi connectivity index (χ3v) is 1.95. The molecule has 1 rings (SSSR count). The Balaban J connectivity index is 2.42. The van der Waals surface area contributed by atoms with E-state index in [1.54, 1.807) is 6.20 Å². The molecule has 0 aromatic carbocycles. The quantitative estimate of drug-likeness (QED) is 0.722. The van der Waals surface area contributed by atoms with E-state index in [-0.39, 0.29) is 25.0 Å². The zero-order chi connectivity index (χ0) is 12.0. The minimum absolute atomic E-state index is 0.0918. The number of hydrogen-bond acceptors (Lipinski definition) is 4. The van der Waals surface area contributed by atoms with Crippen molar-refractivity contribution in [2.45, 2.75) is 25.8 Å². The summed E-state index contributed by atoms with van der Waals surface area (Å²) >= 11 is 0. The zero-order valence-electron chi connectivity index (χ0n) is 9.35. The Morgan fingerprint density at radius 2 is 2.31 bits per heavy atom. The van der Waals surface area contributed by atoms with Gasteiger partial charge in [0.15, 0.2) is 0 Å². The molecule has 0 saturated carbocycles. The van der Waals surface area contributed by atoms with Crippen LogP contribution in [0.4, 0.5) is 0 Å². The highest BCUT2D eigenvalue weighted by molar-refractivity contribution is 5.73. The third kappa shape index (κ3) is 4.75. The molecule has 0 radical (unpaired) electrons. The number of primary amides is 1. The van der Waals surface area contributed by atoms with E-state index in [9.17, 15) is 4.79 Å². The fourth-order valence-corrected chi connectivity index (χ4v) is 1.22. The molecule has 1 aromatic heterocycles. The average molecular weight is 223 g/mol. The van der Waals surface area contributed by atoms with Gasteiger partial charge in [0.05, 0.1) is 19.2 Å². The number of amides is 1. The number of pyridine rings is 1. The standard InChI is InChI=1S/C11H17N3O2/c1-8(12)6-9-2-3-10(7-14-9)16-5-4-11(13)15/h2-3,7-8H,4-6,12H2,1H3,(H2,13,15). The van der Waals surface area contributed by atoms with Crippen LogP contribution in [0.5, 0.6) is 5.75 Å². The summed E-state index contributed by atoms with van der Waals surface area (Å²) < 4.78 is 5.28. The van der Waals surface area contributed by atoms with E-state index in [4.69, 9.17) is 16.2 Å². The molecule has 1 heterocycles. The van der Waals surface area contributed by atoms with Gasteiger partial charge in [-0.3, -0.25) is 9.78 Å². The molecule has 1 aromatic rings. The number of nitrogens with two attached hydrogens (primary N) is 2. The van der Waals surface area contributed by atoms with Crippen LogP contribution in [0.2, 0.25) is 0 Å². The number of carbonyl (C=O) groups excluding carboxylic acids is 1. The van der Waals surface area contributed by atoms with E-state index in [0.717, 1.165) is 12.1 Å². The first-order chi connectivity index (χ1) is 7.58.